The highest BCUT2D eigenvalue weighted by Crippen LogP contribution is 2.27. The van der Waals surface area contributed by atoms with Crippen LogP contribution in [0, 0.1) is 5.92 Å². The van der Waals surface area contributed by atoms with E-state index in [0.29, 0.717) is 4.47 Å². The summed E-state index contributed by atoms with van der Waals surface area (Å²) in [5.41, 5.74) is 0. The zero-order valence-electron chi connectivity index (χ0n) is 11.0. The van der Waals surface area contributed by atoms with Crippen molar-refractivity contribution in [3.8, 4) is 0 Å². The van der Waals surface area contributed by atoms with E-state index in [1.807, 2.05) is 0 Å². The maximum Gasteiger partial charge on any atom is 0.242 e. The molecule has 0 amide bonds. The predicted octanol–water partition coefficient (Wildman–Crippen LogP) is 3.09. The Labute approximate surface area is 123 Å². The van der Waals surface area contributed by atoms with E-state index in [2.05, 4.69) is 32.6 Å². The van der Waals surface area contributed by atoms with E-state index in [1.165, 1.54) is 12.6 Å². The smallest absolute Gasteiger partial charge is 0.242 e. The molecule has 1 aliphatic rings. The first-order valence-corrected chi connectivity index (χ1v) is 8.91. The number of rotatable bonds is 4. The fraction of sp³-hybridized carbons (Fsp3) is 0.615. The summed E-state index contributed by atoms with van der Waals surface area (Å²) in [6, 6.07) is 1.64. The molecule has 1 fully saturated rings. The molecular weight excluding hydrogens is 328 g/mol. The molecule has 1 N–H and O–H groups in total. The molecule has 1 aromatic rings. The van der Waals surface area contributed by atoms with E-state index in [1.54, 1.807) is 12.3 Å². The van der Waals surface area contributed by atoms with Gasteiger partial charge in [-0.3, -0.25) is 4.98 Å². The number of nitrogens with zero attached hydrogens (tertiary/aromatic N) is 1. The molecule has 1 aromatic heterocycles. The zero-order chi connectivity index (χ0) is 13.9. The minimum Gasteiger partial charge on any atom is -0.262 e. The van der Waals surface area contributed by atoms with Crippen LogP contribution in [-0.2, 0) is 10.0 Å². The Morgan fingerprint density at radius 3 is 2.58 bits per heavy atom. The van der Waals surface area contributed by atoms with E-state index in [4.69, 9.17) is 0 Å². The second-order valence-electron chi connectivity index (χ2n) is 5.09. The molecule has 0 spiro atoms. The Hall–Kier alpha value is -0.460. The quantitative estimate of drug-likeness (QED) is 0.911. The summed E-state index contributed by atoms with van der Waals surface area (Å²) in [6.07, 6.45) is 8.23. The Morgan fingerprint density at radius 1 is 1.32 bits per heavy atom. The normalized spacial score (nSPS) is 24.3. The summed E-state index contributed by atoms with van der Waals surface area (Å²) in [5.74, 6) is 0.758. The van der Waals surface area contributed by atoms with Crippen molar-refractivity contribution in [2.24, 2.45) is 5.92 Å². The highest BCUT2D eigenvalue weighted by atomic mass is 79.9. The van der Waals surface area contributed by atoms with Crippen LogP contribution in [0.25, 0.3) is 0 Å². The van der Waals surface area contributed by atoms with Gasteiger partial charge in [0.25, 0.3) is 0 Å². The fourth-order valence-electron chi connectivity index (χ4n) is 2.52. The van der Waals surface area contributed by atoms with Crippen LogP contribution in [0.2, 0.25) is 0 Å². The number of aromatic nitrogens is 1. The molecule has 2 rings (SSSR count). The van der Waals surface area contributed by atoms with Crippen LogP contribution in [0.1, 0.15) is 39.0 Å². The van der Waals surface area contributed by atoms with Gasteiger partial charge >= 0.3 is 0 Å². The molecule has 1 aliphatic carbocycles. The topological polar surface area (TPSA) is 59.1 Å². The number of halogens is 1. The number of hydrogen-bond donors (Lipinski definition) is 1. The lowest BCUT2D eigenvalue weighted by molar-refractivity contribution is 0.306. The number of pyridine rings is 1. The number of nitrogens with one attached hydrogen (secondary N) is 1. The van der Waals surface area contributed by atoms with Gasteiger partial charge in [-0.2, -0.15) is 0 Å². The zero-order valence-corrected chi connectivity index (χ0v) is 13.4. The maximum absolute atomic E-state index is 12.2. The van der Waals surface area contributed by atoms with Crippen LogP contribution in [0.5, 0.6) is 0 Å². The molecule has 0 unspecified atom stereocenters. The second kappa shape index (κ2) is 6.33. The van der Waals surface area contributed by atoms with Gasteiger partial charge in [-0.1, -0.05) is 13.3 Å². The Kier molecular flexibility index (Phi) is 4.97. The molecule has 1 heterocycles. The molecule has 0 saturated heterocycles. The van der Waals surface area contributed by atoms with Gasteiger partial charge in [-0.05, 0) is 53.6 Å². The molecule has 4 nitrogen and oxygen atoms in total. The average Bonchev–Trinajstić information content (AvgIpc) is 2.39. The largest absolute Gasteiger partial charge is 0.262 e. The van der Waals surface area contributed by atoms with E-state index in [0.717, 1.165) is 31.6 Å². The van der Waals surface area contributed by atoms with Gasteiger partial charge in [0.1, 0.15) is 4.90 Å². The Morgan fingerprint density at radius 2 is 2.00 bits per heavy atom. The van der Waals surface area contributed by atoms with Crippen LogP contribution in [0.3, 0.4) is 0 Å². The highest BCUT2D eigenvalue weighted by Gasteiger charge is 2.25. The van der Waals surface area contributed by atoms with Crippen LogP contribution in [0.15, 0.2) is 27.8 Å². The lowest BCUT2D eigenvalue weighted by atomic mass is 9.85. The first-order valence-electron chi connectivity index (χ1n) is 6.64. The van der Waals surface area contributed by atoms with E-state index >= 15 is 0 Å². The van der Waals surface area contributed by atoms with Crippen LogP contribution in [0.4, 0.5) is 0 Å². The van der Waals surface area contributed by atoms with Crippen molar-refractivity contribution >= 4 is 26.0 Å². The van der Waals surface area contributed by atoms with Crippen molar-refractivity contribution in [3.05, 3.63) is 22.9 Å². The van der Waals surface area contributed by atoms with Crippen molar-refractivity contribution in [2.75, 3.05) is 0 Å². The Bertz CT molecular complexity index is 525. The third kappa shape index (κ3) is 4.00. The van der Waals surface area contributed by atoms with Crippen LogP contribution < -0.4 is 4.72 Å². The summed E-state index contributed by atoms with van der Waals surface area (Å²) in [7, 11) is -3.45. The minimum absolute atomic E-state index is 0.0618. The maximum atomic E-state index is 12.2. The fourth-order valence-corrected chi connectivity index (χ4v) is 4.32. The highest BCUT2D eigenvalue weighted by molar-refractivity contribution is 9.10. The van der Waals surface area contributed by atoms with Crippen molar-refractivity contribution < 1.29 is 8.42 Å². The summed E-state index contributed by atoms with van der Waals surface area (Å²) < 4.78 is 27.9. The summed E-state index contributed by atoms with van der Waals surface area (Å²) in [5, 5.41) is 0. The average molecular weight is 347 g/mol. The van der Waals surface area contributed by atoms with Gasteiger partial charge < -0.3 is 0 Å². The molecule has 19 heavy (non-hydrogen) atoms. The lowest BCUT2D eigenvalue weighted by Gasteiger charge is -2.28. The second-order valence-corrected chi connectivity index (χ2v) is 7.72. The molecule has 6 heteroatoms. The molecule has 0 aliphatic heterocycles. The van der Waals surface area contributed by atoms with Gasteiger partial charge in [-0.25, -0.2) is 13.1 Å². The SMILES string of the molecule is CCC1CCC(NS(=O)(=O)c2cncc(Br)c2)CC1. The first-order chi connectivity index (χ1) is 9.01. The molecule has 106 valence electrons. The summed E-state index contributed by atoms with van der Waals surface area (Å²) in [6.45, 7) is 2.20. The monoisotopic (exact) mass is 346 g/mol. The van der Waals surface area contributed by atoms with E-state index < -0.39 is 10.0 Å². The van der Waals surface area contributed by atoms with Crippen molar-refractivity contribution in [1.82, 2.24) is 9.71 Å². The van der Waals surface area contributed by atoms with Gasteiger partial charge in [0.15, 0.2) is 0 Å². The minimum atomic E-state index is -3.45. The van der Waals surface area contributed by atoms with Gasteiger partial charge in [-0.15, -0.1) is 0 Å². The van der Waals surface area contributed by atoms with Crippen molar-refractivity contribution in [3.63, 3.8) is 0 Å². The molecule has 1 saturated carbocycles. The number of sulfonamides is 1. The van der Waals surface area contributed by atoms with Crippen LogP contribution in [-0.4, -0.2) is 19.4 Å². The lowest BCUT2D eigenvalue weighted by Crippen LogP contribution is -2.37. The van der Waals surface area contributed by atoms with Crippen molar-refractivity contribution in [2.45, 2.75) is 50.0 Å². The Balaban J connectivity index is 2.02. The molecule has 0 aromatic carbocycles. The predicted molar refractivity (Wildman–Crippen MR) is 78.3 cm³/mol. The van der Waals surface area contributed by atoms with Crippen molar-refractivity contribution in [1.29, 1.82) is 0 Å². The molecular formula is C13H19BrN2O2S. The number of hydrogen-bond acceptors (Lipinski definition) is 3. The molecule has 0 atom stereocenters. The third-order valence-electron chi connectivity index (χ3n) is 3.74. The van der Waals surface area contributed by atoms with Gasteiger partial charge in [0, 0.05) is 22.9 Å². The van der Waals surface area contributed by atoms with E-state index in [-0.39, 0.29) is 10.9 Å². The first kappa shape index (κ1) is 14.9. The summed E-state index contributed by atoms with van der Waals surface area (Å²) in [4.78, 5) is 4.12. The molecule has 0 radical (unpaired) electrons. The molecule has 0 bridgehead atoms. The van der Waals surface area contributed by atoms with E-state index in [9.17, 15) is 8.42 Å². The third-order valence-corrected chi connectivity index (χ3v) is 5.66. The summed E-state index contributed by atoms with van der Waals surface area (Å²) >= 11 is 3.24. The van der Waals surface area contributed by atoms with Gasteiger partial charge in [0.2, 0.25) is 10.0 Å². The van der Waals surface area contributed by atoms with Crippen LogP contribution >= 0.6 is 15.9 Å². The van der Waals surface area contributed by atoms with Gasteiger partial charge in [0.05, 0.1) is 0 Å². The standard InChI is InChI=1S/C13H19BrN2O2S/c1-2-10-3-5-12(6-4-10)16-19(17,18)13-7-11(14)8-15-9-13/h7-10,12,16H,2-6H2,1H3.